The SMILES string of the molecule is Cc1ncsc1-c1ccc([C@H](C)NC(=O)[C@@H]2CCCN2C(=O)[C@@H](c2cc(N3CCC(c4cnc(N5CCC(c6sc7nnc(-c8ccccc8O)cc7c6C)CC5)nc4)CC3)no2)C(C)C)cc1. The summed E-state index contributed by atoms with van der Waals surface area (Å²) in [5, 5.41) is 28.2. The van der Waals surface area contributed by atoms with E-state index >= 15 is 0 Å². The van der Waals surface area contributed by atoms with Crippen molar-refractivity contribution in [2.45, 2.75) is 103 Å². The first-order valence-corrected chi connectivity index (χ1v) is 25.6. The molecule has 3 saturated heterocycles. The maximum Gasteiger partial charge on any atom is 0.243 e. The third-order valence-electron chi connectivity index (χ3n) is 14.4. The molecule has 16 heteroatoms. The van der Waals surface area contributed by atoms with Gasteiger partial charge in [0.2, 0.25) is 17.8 Å². The number of rotatable bonds is 12. The molecule has 5 aromatic heterocycles. The second kappa shape index (κ2) is 19.4. The van der Waals surface area contributed by atoms with E-state index in [0.29, 0.717) is 41.8 Å². The molecule has 2 N–H and O–H groups in total. The Bertz CT molecular complexity index is 2900. The summed E-state index contributed by atoms with van der Waals surface area (Å²) in [5.74, 6) is 2.20. The molecule has 2 aromatic carbocycles. The van der Waals surface area contributed by atoms with Gasteiger partial charge in [0.1, 0.15) is 22.5 Å². The highest BCUT2D eigenvalue weighted by atomic mass is 32.1. The predicted molar refractivity (Wildman–Crippen MR) is 267 cm³/mol. The minimum atomic E-state index is -0.552. The van der Waals surface area contributed by atoms with E-state index in [-0.39, 0.29) is 29.5 Å². The molecule has 3 aliphatic heterocycles. The average molecular weight is 951 g/mol. The summed E-state index contributed by atoms with van der Waals surface area (Å²) >= 11 is 3.36. The number of nitrogens with zero attached hydrogens (tertiary/aromatic N) is 9. The number of likely N-dealkylation sites (tertiary alicyclic amines) is 1. The molecule has 0 radical (unpaired) electrons. The van der Waals surface area contributed by atoms with Crippen molar-refractivity contribution >= 4 is 56.5 Å². The molecule has 3 atom stereocenters. The highest BCUT2D eigenvalue weighted by molar-refractivity contribution is 7.19. The van der Waals surface area contributed by atoms with Gasteiger partial charge in [-0.15, -0.1) is 32.9 Å². The van der Waals surface area contributed by atoms with Gasteiger partial charge in [0.15, 0.2) is 11.6 Å². The first-order chi connectivity index (χ1) is 33.0. The third kappa shape index (κ3) is 9.07. The topological polar surface area (TPSA) is 167 Å². The van der Waals surface area contributed by atoms with Gasteiger partial charge in [-0.3, -0.25) is 9.59 Å². The fourth-order valence-corrected chi connectivity index (χ4v) is 12.5. The van der Waals surface area contributed by atoms with E-state index < -0.39 is 12.0 Å². The lowest BCUT2D eigenvalue weighted by Gasteiger charge is -2.33. The molecule has 10 rings (SSSR count). The highest BCUT2D eigenvalue weighted by Gasteiger charge is 2.41. The van der Waals surface area contributed by atoms with Gasteiger partial charge in [-0.1, -0.05) is 55.4 Å². The number of amides is 2. The first-order valence-electron chi connectivity index (χ1n) is 24.0. The smallest absolute Gasteiger partial charge is 0.243 e. The van der Waals surface area contributed by atoms with E-state index in [1.807, 2.05) is 69.9 Å². The summed E-state index contributed by atoms with van der Waals surface area (Å²) in [6.07, 6.45) is 9.27. The van der Waals surface area contributed by atoms with Gasteiger partial charge < -0.3 is 29.6 Å². The number of thiazole rings is 1. The van der Waals surface area contributed by atoms with Gasteiger partial charge >= 0.3 is 0 Å². The van der Waals surface area contributed by atoms with Crippen molar-refractivity contribution < 1.29 is 19.2 Å². The van der Waals surface area contributed by atoms with Gasteiger partial charge in [-0.2, -0.15) is 0 Å². The second-order valence-electron chi connectivity index (χ2n) is 19.0. The lowest BCUT2D eigenvalue weighted by molar-refractivity contribution is -0.141. The zero-order chi connectivity index (χ0) is 47.1. The zero-order valence-corrected chi connectivity index (χ0v) is 40.9. The molecule has 0 spiro atoms. The van der Waals surface area contributed by atoms with Gasteiger partial charge in [0, 0.05) is 67.0 Å². The number of aryl methyl sites for hydroxylation is 2. The molecule has 68 heavy (non-hydrogen) atoms. The molecule has 8 heterocycles. The number of anilines is 2. The van der Waals surface area contributed by atoms with Crippen LogP contribution in [0.25, 0.3) is 31.9 Å². The van der Waals surface area contributed by atoms with Crippen molar-refractivity contribution in [2.24, 2.45) is 5.92 Å². The van der Waals surface area contributed by atoms with Crippen LogP contribution in [0, 0.1) is 19.8 Å². The zero-order valence-electron chi connectivity index (χ0n) is 39.3. The Labute approximate surface area is 404 Å². The van der Waals surface area contributed by atoms with Crippen molar-refractivity contribution in [3.05, 3.63) is 112 Å². The van der Waals surface area contributed by atoms with E-state index in [9.17, 15) is 14.7 Å². The van der Waals surface area contributed by atoms with Crippen molar-refractivity contribution in [3.63, 3.8) is 0 Å². The van der Waals surface area contributed by atoms with E-state index in [2.05, 4.69) is 72.7 Å². The molecule has 3 aliphatic rings. The summed E-state index contributed by atoms with van der Waals surface area (Å²) in [5.41, 5.74) is 8.75. The Hall–Kier alpha value is -6.26. The van der Waals surface area contributed by atoms with Crippen LogP contribution in [-0.2, 0) is 9.59 Å². The monoisotopic (exact) mass is 950 g/mol. The molecule has 0 aliphatic carbocycles. The summed E-state index contributed by atoms with van der Waals surface area (Å²) in [6, 6.07) is 18.7. The minimum absolute atomic E-state index is 0.0554. The number of piperidine rings is 2. The molecule has 3 fully saturated rings. The standard InChI is InChI=1S/C52H58N10O4S2/c1-30(2)46(51(65)62-20-8-10-42(62)49(64)56-32(4)34-12-14-36(15-13-34)48-33(5)55-29-67-48)44-26-45(59-66-44)60-21-16-35(17-22-60)38-27-53-52(54-28-38)61-23-18-37(19-24-61)47-31(3)40-25-41(57-58-50(40)68-47)39-9-6-7-11-43(39)63/h6-7,9,11-15,25-30,32,35,37,42,46,63H,8,10,16-24H2,1-5H3,(H,56,64)/t32-,42-,46+/m0/s1. The number of phenolic OH excluding ortho intramolecular Hbond substituents is 1. The number of aromatic nitrogens is 6. The Kier molecular flexibility index (Phi) is 13.0. The molecule has 7 aromatic rings. The number of benzene rings is 2. The van der Waals surface area contributed by atoms with Crippen molar-refractivity contribution in [1.82, 2.24) is 40.5 Å². The minimum Gasteiger partial charge on any atom is -0.507 e. The van der Waals surface area contributed by atoms with Crippen molar-refractivity contribution in [2.75, 3.05) is 42.5 Å². The number of fused-ring (bicyclic) bond motifs is 1. The van der Waals surface area contributed by atoms with Crippen LogP contribution < -0.4 is 15.1 Å². The fourth-order valence-electron chi connectivity index (χ4n) is 10.4. The number of carbonyl (C=O) groups excluding carboxylic acids is 2. The van der Waals surface area contributed by atoms with E-state index in [4.69, 9.17) is 14.5 Å². The molecule has 0 unspecified atom stereocenters. The van der Waals surface area contributed by atoms with Crippen LogP contribution >= 0.6 is 22.7 Å². The molecule has 0 bridgehead atoms. The summed E-state index contributed by atoms with van der Waals surface area (Å²) in [7, 11) is 0. The Morgan fingerprint density at radius 3 is 2.26 bits per heavy atom. The number of para-hydroxylation sites is 1. The quantitative estimate of drug-likeness (QED) is 0.119. The molecule has 14 nitrogen and oxygen atoms in total. The summed E-state index contributed by atoms with van der Waals surface area (Å²) in [4.78, 5) is 51.9. The number of hydrogen-bond acceptors (Lipinski definition) is 14. The van der Waals surface area contributed by atoms with E-state index in [0.717, 1.165) is 108 Å². The number of nitrogens with one attached hydrogen (secondary N) is 1. The lowest BCUT2D eigenvalue weighted by Crippen LogP contribution is -2.48. The van der Waals surface area contributed by atoms with Crippen LogP contribution in [0.15, 0.2) is 83.1 Å². The van der Waals surface area contributed by atoms with Gasteiger partial charge in [-0.05, 0) is 118 Å². The Morgan fingerprint density at radius 2 is 1.56 bits per heavy atom. The second-order valence-corrected chi connectivity index (χ2v) is 20.9. The number of hydrogen-bond donors (Lipinski definition) is 2. The Morgan fingerprint density at radius 1 is 0.838 bits per heavy atom. The summed E-state index contributed by atoms with van der Waals surface area (Å²) < 4.78 is 5.96. The lowest BCUT2D eigenvalue weighted by atomic mass is 9.90. The number of aromatic hydroxyl groups is 1. The number of thiophene rings is 1. The largest absolute Gasteiger partial charge is 0.507 e. The fraction of sp³-hybridized carbons (Fsp3) is 0.423. The first kappa shape index (κ1) is 45.5. The van der Waals surface area contributed by atoms with E-state index in [1.54, 1.807) is 33.6 Å². The maximum absolute atomic E-state index is 14.3. The third-order valence-corrected chi connectivity index (χ3v) is 16.7. The molecular formula is C52H58N10O4S2. The van der Waals surface area contributed by atoms with Gasteiger partial charge in [0.05, 0.1) is 27.8 Å². The highest BCUT2D eigenvalue weighted by Crippen LogP contribution is 2.42. The molecule has 2 amide bonds. The predicted octanol–water partition coefficient (Wildman–Crippen LogP) is 9.96. The van der Waals surface area contributed by atoms with E-state index in [1.165, 1.54) is 10.4 Å². The van der Waals surface area contributed by atoms with Gasteiger partial charge in [-0.25, -0.2) is 15.0 Å². The van der Waals surface area contributed by atoms with Crippen LogP contribution in [0.5, 0.6) is 5.75 Å². The molecular weight excluding hydrogens is 893 g/mol. The average Bonchev–Trinajstić information content (AvgIpc) is 4.20. The number of phenols is 1. The molecule has 352 valence electrons. The maximum atomic E-state index is 14.3. The van der Waals surface area contributed by atoms with Crippen LogP contribution in [0.3, 0.4) is 0 Å². The van der Waals surface area contributed by atoms with Crippen molar-refractivity contribution in [1.29, 1.82) is 0 Å². The van der Waals surface area contributed by atoms with Gasteiger partial charge in [0.25, 0.3) is 0 Å². The van der Waals surface area contributed by atoms with Crippen LogP contribution in [-0.4, -0.2) is 90.9 Å². The Balaban J connectivity index is 0.716. The van der Waals surface area contributed by atoms with Crippen LogP contribution in [0.1, 0.15) is 116 Å². The number of carbonyl (C=O) groups is 2. The summed E-state index contributed by atoms with van der Waals surface area (Å²) in [6.45, 7) is 14.1. The normalized spacial score (nSPS) is 18.1. The van der Waals surface area contributed by atoms with Crippen molar-refractivity contribution in [3.8, 4) is 27.4 Å². The van der Waals surface area contributed by atoms with Crippen LogP contribution in [0.2, 0.25) is 0 Å². The van der Waals surface area contributed by atoms with Crippen LogP contribution in [0.4, 0.5) is 11.8 Å². The molecule has 0 saturated carbocycles.